The second-order valence-electron chi connectivity index (χ2n) is 9.17. The Labute approximate surface area is 182 Å². The van der Waals surface area contributed by atoms with E-state index in [4.69, 9.17) is 4.74 Å². The number of Topliss-reactive ketones (excluding diaryl/α,β-unsaturated/α-hetero) is 1. The van der Waals surface area contributed by atoms with Crippen LogP contribution in [0.15, 0.2) is 18.2 Å². The highest BCUT2D eigenvalue weighted by Gasteiger charge is 2.60. The summed E-state index contributed by atoms with van der Waals surface area (Å²) in [6.07, 6.45) is 5.43. The van der Waals surface area contributed by atoms with Crippen molar-refractivity contribution in [3.63, 3.8) is 0 Å². The zero-order valence-corrected chi connectivity index (χ0v) is 19.1. The molecule has 1 aromatic rings. The van der Waals surface area contributed by atoms with Crippen molar-refractivity contribution < 1.29 is 14.3 Å². The van der Waals surface area contributed by atoms with E-state index in [0.29, 0.717) is 30.6 Å². The molecule has 2 fully saturated rings. The highest BCUT2D eigenvalue weighted by molar-refractivity contribution is 9.09. The van der Waals surface area contributed by atoms with Gasteiger partial charge in [0.2, 0.25) is 5.91 Å². The molecule has 5 atom stereocenters. The summed E-state index contributed by atoms with van der Waals surface area (Å²) in [4.78, 5) is 25.7. The minimum Gasteiger partial charge on any atom is -0.494 e. The minimum atomic E-state index is -0.326. The summed E-state index contributed by atoms with van der Waals surface area (Å²) in [5.41, 5.74) is 2.49. The summed E-state index contributed by atoms with van der Waals surface area (Å²) in [5.74, 6) is 2.23. The highest BCUT2D eigenvalue weighted by Crippen LogP contribution is 2.61. The van der Waals surface area contributed by atoms with E-state index in [9.17, 15) is 9.59 Å². The van der Waals surface area contributed by atoms with Gasteiger partial charge in [-0.15, -0.1) is 0 Å². The molecule has 1 N–H and O–H groups in total. The van der Waals surface area contributed by atoms with E-state index in [1.165, 1.54) is 11.1 Å². The van der Waals surface area contributed by atoms with Crippen LogP contribution in [0.25, 0.3) is 0 Å². The summed E-state index contributed by atoms with van der Waals surface area (Å²) < 4.78 is 5.90. The Morgan fingerprint density at radius 2 is 2.17 bits per heavy atom. The van der Waals surface area contributed by atoms with Crippen molar-refractivity contribution in [3.05, 3.63) is 29.3 Å². The first-order chi connectivity index (χ1) is 14.0. The van der Waals surface area contributed by atoms with Crippen LogP contribution in [-0.2, 0) is 16.0 Å². The fourth-order valence-corrected chi connectivity index (χ4v) is 6.56. The number of nitrogens with one attached hydrogen (secondary N) is 1. The van der Waals surface area contributed by atoms with Gasteiger partial charge in [-0.1, -0.05) is 28.9 Å². The number of ether oxygens (including phenoxy) is 1. The van der Waals surface area contributed by atoms with Crippen LogP contribution >= 0.6 is 15.9 Å². The number of rotatable bonds is 6. The summed E-state index contributed by atoms with van der Waals surface area (Å²) >= 11 is 3.44. The van der Waals surface area contributed by atoms with Gasteiger partial charge in [0.05, 0.1) is 6.61 Å². The monoisotopic (exact) mass is 461 g/mol. The third-order valence-electron chi connectivity index (χ3n) is 7.66. The highest BCUT2D eigenvalue weighted by atomic mass is 79.9. The van der Waals surface area contributed by atoms with Crippen LogP contribution in [0.2, 0.25) is 0 Å². The smallest absolute Gasteiger partial charge is 0.223 e. The Morgan fingerprint density at radius 3 is 2.93 bits per heavy atom. The summed E-state index contributed by atoms with van der Waals surface area (Å²) in [6.45, 7) is 5.44. The Balaban J connectivity index is 1.60. The number of aryl methyl sites for hydroxylation is 1. The van der Waals surface area contributed by atoms with Gasteiger partial charge < -0.3 is 10.1 Å². The number of fused-ring (bicyclic) bond motifs is 5. The van der Waals surface area contributed by atoms with E-state index >= 15 is 0 Å². The first kappa shape index (κ1) is 20.9. The van der Waals surface area contributed by atoms with Crippen LogP contribution in [-0.4, -0.2) is 30.2 Å². The van der Waals surface area contributed by atoms with Gasteiger partial charge in [0.1, 0.15) is 11.5 Å². The number of benzene rings is 1. The van der Waals surface area contributed by atoms with E-state index in [1.807, 2.05) is 6.92 Å². The van der Waals surface area contributed by atoms with Crippen molar-refractivity contribution in [2.45, 2.75) is 58.3 Å². The maximum absolute atomic E-state index is 12.9. The lowest BCUT2D eigenvalue weighted by Crippen LogP contribution is -2.46. The van der Waals surface area contributed by atoms with Crippen molar-refractivity contribution in [3.8, 4) is 5.75 Å². The molecular weight excluding hydrogens is 430 g/mol. The van der Waals surface area contributed by atoms with E-state index in [1.54, 1.807) is 0 Å². The van der Waals surface area contributed by atoms with Crippen molar-refractivity contribution in [1.29, 1.82) is 0 Å². The lowest BCUT2D eigenvalue weighted by molar-refractivity contribution is -0.130. The number of amides is 1. The predicted octanol–water partition coefficient (Wildman–Crippen LogP) is 4.64. The predicted molar refractivity (Wildman–Crippen MR) is 118 cm³/mol. The molecule has 0 saturated heterocycles. The normalized spacial score (nSPS) is 32.9. The Kier molecular flexibility index (Phi) is 6.06. The molecule has 0 bridgehead atoms. The molecule has 3 aliphatic rings. The van der Waals surface area contributed by atoms with E-state index in [2.05, 4.69) is 46.4 Å². The zero-order chi connectivity index (χ0) is 20.6. The Bertz CT molecular complexity index is 794. The molecule has 0 unspecified atom stereocenters. The number of carbonyl (C=O) groups excluding carboxylic acids is 2. The van der Waals surface area contributed by atoms with Crippen LogP contribution in [0, 0.1) is 23.2 Å². The first-order valence-electron chi connectivity index (χ1n) is 11.1. The molecule has 0 spiro atoms. The van der Waals surface area contributed by atoms with Gasteiger partial charge in [0.15, 0.2) is 0 Å². The standard InChI is InChI=1S/C24H32BrNO3/c1-3-26-23(28)20-14-21(27)24(2)10-9-18-17-8-6-16(29-12-4-11-25)13-15(17)5-7-19(18)22(20)24/h6,8,13,18-20,22H,3-5,7,9-12,14H2,1-2H3,(H,26,28)/t18-,19-,20-,22-,24-/m1/s1. The fourth-order valence-electron chi connectivity index (χ4n) is 6.33. The average molecular weight is 462 g/mol. The number of alkyl halides is 1. The van der Waals surface area contributed by atoms with Crippen molar-refractivity contribution in [1.82, 2.24) is 5.32 Å². The molecule has 4 nitrogen and oxygen atoms in total. The Morgan fingerprint density at radius 1 is 1.34 bits per heavy atom. The van der Waals surface area contributed by atoms with E-state index < -0.39 is 0 Å². The molecule has 158 valence electrons. The van der Waals surface area contributed by atoms with Gasteiger partial charge in [-0.2, -0.15) is 0 Å². The average Bonchev–Trinajstić information content (AvgIpc) is 2.99. The van der Waals surface area contributed by atoms with Gasteiger partial charge in [-0.3, -0.25) is 9.59 Å². The maximum atomic E-state index is 12.9. The van der Waals surface area contributed by atoms with Crippen LogP contribution in [0.5, 0.6) is 5.75 Å². The lowest BCUT2D eigenvalue weighted by Gasteiger charge is -2.49. The van der Waals surface area contributed by atoms with Gasteiger partial charge in [-0.05, 0) is 80.0 Å². The zero-order valence-electron chi connectivity index (χ0n) is 17.5. The molecule has 1 aromatic carbocycles. The molecule has 4 rings (SSSR count). The molecule has 29 heavy (non-hydrogen) atoms. The van der Waals surface area contributed by atoms with E-state index in [-0.39, 0.29) is 23.2 Å². The first-order valence-corrected chi connectivity index (χ1v) is 12.2. The SMILES string of the molecule is CCNC(=O)[C@@H]1CC(=O)[C@@]2(C)CC[C@@H]3c4ccc(OCCCBr)cc4CC[C@H]3[C@H]12. The second kappa shape index (κ2) is 8.41. The second-order valence-corrected chi connectivity index (χ2v) is 9.96. The number of hydrogen-bond acceptors (Lipinski definition) is 3. The molecule has 5 heteroatoms. The van der Waals surface area contributed by atoms with Crippen molar-refractivity contribution >= 4 is 27.6 Å². The maximum Gasteiger partial charge on any atom is 0.223 e. The Hall–Kier alpha value is -1.36. The van der Waals surface area contributed by atoms with Gasteiger partial charge >= 0.3 is 0 Å². The van der Waals surface area contributed by atoms with Crippen LogP contribution < -0.4 is 10.1 Å². The van der Waals surface area contributed by atoms with Crippen LogP contribution in [0.1, 0.15) is 63.0 Å². The molecule has 1 amide bonds. The molecule has 3 aliphatic carbocycles. The number of ketones is 1. The number of carbonyl (C=O) groups is 2. The van der Waals surface area contributed by atoms with Crippen molar-refractivity contribution in [2.75, 3.05) is 18.5 Å². The van der Waals surface area contributed by atoms with Gasteiger partial charge in [0.25, 0.3) is 0 Å². The number of halogens is 1. The van der Waals surface area contributed by atoms with Crippen molar-refractivity contribution in [2.24, 2.45) is 23.2 Å². The van der Waals surface area contributed by atoms with Gasteiger partial charge in [0, 0.05) is 29.6 Å². The topological polar surface area (TPSA) is 55.4 Å². The molecular formula is C24H32BrNO3. The molecule has 0 aromatic heterocycles. The summed E-state index contributed by atoms with van der Waals surface area (Å²) in [7, 11) is 0. The fraction of sp³-hybridized carbons (Fsp3) is 0.667. The van der Waals surface area contributed by atoms with Crippen LogP contribution in [0.3, 0.4) is 0 Å². The molecule has 0 heterocycles. The largest absolute Gasteiger partial charge is 0.494 e. The van der Waals surface area contributed by atoms with Crippen LogP contribution in [0.4, 0.5) is 0 Å². The quantitative estimate of drug-likeness (QED) is 0.495. The molecule has 0 aliphatic heterocycles. The number of hydrogen-bond donors (Lipinski definition) is 1. The molecule has 0 radical (unpaired) electrons. The third-order valence-corrected chi connectivity index (χ3v) is 8.22. The molecule has 2 saturated carbocycles. The van der Waals surface area contributed by atoms with E-state index in [0.717, 1.165) is 49.8 Å². The summed E-state index contributed by atoms with van der Waals surface area (Å²) in [5, 5.41) is 3.95. The van der Waals surface area contributed by atoms with Gasteiger partial charge in [-0.25, -0.2) is 0 Å². The third kappa shape index (κ3) is 3.64. The minimum absolute atomic E-state index is 0.0801. The lowest BCUT2D eigenvalue weighted by atomic mass is 9.54. The summed E-state index contributed by atoms with van der Waals surface area (Å²) in [6, 6.07) is 6.56.